The molecule has 0 aliphatic carbocycles. The minimum Gasteiger partial charge on any atom is -0.344 e. The van der Waals surface area contributed by atoms with Gasteiger partial charge >= 0.3 is 0 Å². The summed E-state index contributed by atoms with van der Waals surface area (Å²) in [7, 11) is 0. The molecule has 190 valence electrons. The molecule has 8 heteroatoms. The van der Waals surface area contributed by atoms with Crippen LogP contribution in [0.5, 0.6) is 0 Å². The fraction of sp³-hybridized carbons (Fsp3) is 0.407. The van der Waals surface area contributed by atoms with E-state index in [1.807, 2.05) is 51.1 Å². The van der Waals surface area contributed by atoms with Gasteiger partial charge in [-0.2, -0.15) is 16.3 Å². The number of hydrogen-bond acceptors (Lipinski definition) is 8. The highest BCUT2D eigenvalue weighted by atomic mass is 32.2. The molecule has 0 radical (unpaired) electrons. The number of anilines is 3. The monoisotopic (exact) mass is 512 g/mol. The molecule has 2 aromatic heterocycles. The van der Waals surface area contributed by atoms with Crippen LogP contribution >= 0.6 is 23.3 Å². The van der Waals surface area contributed by atoms with Crippen LogP contribution in [0.3, 0.4) is 0 Å². The van der Waals surface area contributed by atoms with Crippen molar-refractivity contribution in [3.63, 3.8) is 0 Å². The van der Waals surface area contributed by atoms with Crippen molar-refractivity contribution in [3.05, 3.63) is 70.7 Å². The second-order valence-electron chi connectivity index (χ2n) is 7.92. The maximum Gasteiger partial charge on any atom is 0.229 e. The standard InChI is InChI=1S/C15H19N5S.C10H15NS.C2H6/c1-3-4-11(2)18-14-9-10-17-15(20-14)19-12-5-7-13(21-16)8-6-12;1-2-5-11(6-3-1)8-10-4-7-12-9-10;1-2/h4-10H,3,16H2,1-2H3,(H2,17,18,19,20);4,7,9H,1-3,5-6,8H2;1-2H3/b11-4+;;. The molecule has 4 rings (SSSR count). The number of rotatable bonds is 8. The maximum absolute atomic E-state index is 5.50. The summed E-state index contributed by atoms with van der Waals surface area (Å²) in [6.45, 7) is 11.9. The minimum absolute atomic E-state index is 0.553. The van der Waals surface area contributed by atoms with Crippen molar-refractivity contribution < 1.29 is 0 Å². The first-order chi connectivity index (χ1) is 17.2. The van der Waals surface area contributed by atoms with E-state index in [-0.39, 0.29) is 0 Å². The van der Waals surface area contributed by atoms with Gasteiger partial charge in [0, 0.05) is 29.0 Å². The molecule has 35 heavy (non-hydrogen) atoms. The van der Waals surface area contributed by atoms with Crippen LogP contribution < -0.4 is 15.8 Å². The van der Waals surface area contributed by atoms with Crippen LogP contribution in [-0.2, 0) is 6.54 Å². The van der Waals surface area contributed by atoms with Gasteiger partial charge in [0.25, 0.3) is 0 Å². The predicted molar refractivity (Wildman–Crippen MR) is 154 cm³/mol. The summed E-state index contributed by atoms with van der Waals surface area (Å²) in [6, 6.07) is 11.9. The summed E-state index contributed by atoms with van der Waals surface area (Å²) < 4.78 is 0. The Morgan fingerprint density at radius 1 is 1.11 bits per heavy atom. The molecule has 1 aliphatic rings. The fourth-order valence-corrected chi connectivity index (χ4v) is 4.51. The fourth-order valence-electron chi connectivity index (χ4n) is 3.55. The highest BCUT2D eigenvalue weighted by molar-refractivity contribution is 7.97. The molecule has 0 amide bonds. The zero-order valence-corrected chi connectivity index (χ0v) is 23.1. The Balaban J connectivity index is 0.000000260. The van der Waals surface area contributed by atoms with Crippen molar-refractivity contribution in [2.75, 3.05) is 23.7 Å². The SMILES string of the molecule is CC.CC/C=C(\C)Nc1ccnc(Nc2ccc(SN)cc2)n1.c1cc(CN2CCCCC2)cs1. The van der Waals surface area contributed by atoms with E-state index in [0.717, 1.165) is 28.5 Å². The van der Waals surface area contributed by atoms with Gasteiger partial charge in [-0.25, -0.2) is 4.98 Å². The van der Waals surface area contributed by atoms with Gasteiger partial charge in [0.1, 0.15) is 5.82 Å². The molecular formula is C27H40N6S2. The first kappa shape index (κ1) is 28.8. The predicted octanol–water partition coefficient (Wildman–Crippen LogP) is 7.67. The number of nitrogens with zero attached hydrogens (tertiary/aromatic N) is 3. The summed E-state index contributed by atoms with van der Waals surface area (Å²) in [5, 5.41) is 16.3. The first-order valence-electron chi connectivity index (χ1n) is 12.4. The van der Waals surface area contributed by atoms with E-state index < -0.39 is 0 Å². The lowest BCUT2D eigenvalue weighted by Gasteiger charge is -2.25. The number of thiophene rings is 1. The van der Waals surface area contributed by atoms with Gasteiger partial charge in [0.2, 0.25) is 5.95 Å². The number of likely N-dealkylation sites (tertiary alicyclic amines) is 1. The van der Waals surface area contributed by atoms with Crippen molar-refractivity contribution in [3.8, 4) is 0 Å². The Morgan fingerprint density at radius 2 is 1.86 bits per heavy atom. The van der Waals surface area contributed by atoms with E-state index in [4.69, 9.17) is 5.14 Å². The lowest BCUT2D eigenvalue weighted by Crippen LogP contribution is -2.28. The lowest BCUT2D eigenvalue weighted by atomic mass is 10.1. The Hall–Kier alpha value is -2.39. The Bertz CT molecular complexity index is 968. The van der Waals surface area contributed by atoms with E-state index in [1.165, 1.54) is 56.4 Å². The Kier molecular flexibility index (Phi) is 14.1. The Labute approximate surface area is 219 Å². The summed E-state index contributed by atoms with van der Waals surface area (Å²) in [5.41, 5.74) is 3.49. The lowest BCUT2D eigenvalue weighted by molar-refractivity contribution is 0.221. The van der Waals surface area contributed by atoms with Gasteiger partial charge in [-0.05, 0) is 104 Å². The molecule has 0 bridgehead atoms. The van der Waals surface area contributed by atoms with E-state index in [0.29, 0.717) is 5.95 Å². The molecule has 1 fully saturated rings. The highest BCUT2D eigenvalue weighted by Gasteiger charge is 2.09. The third-order valence-corrected chi connectivity index (χ3v) is 6.45. The molecule has 1 aliphatic heterocycles. The molecule has 0 atom stereocenters. The molecule has 0 spiro atoms. The number of allylic oxidation sites excluding steroid dienone is 2. The number of benzene rings is 1. The third kappa shape index (κ3) is 11.3. The molecule has 3 heterocycles. The molecule has 0 unspecified atom stereocenters. The summed E-state index contributed by atoms with van der Waals surface area (Å²) in [5.74, 6) is 1.32. The van der Waals surface area contributed by atoms with Gasteiger partial charge in [0.05, 0.1) is 0 Å². The van der Waals surface area contributed by atoms with Crippen LogP contribution in [0.4, 0.5) is 17.5 Å². The van der Waals surface area contributed by atoms with Crippen molar-refractivity contribution in [1.29, 1.82) is 0 Å². The number of aromatic nitrogens is 2. The van der Waals surface area contributed by atoms with Gasteiger partial charge in [-0.15, -0.1) is 0 Å². The van der Waals surface area contributed by atoms with Crippen LogP contribution in [0.15, 0.2) is 70.0 Å². The van der Waals surface area contributed by atoms with Crippen molar-refractivity contribution >= 4 is 40.7 Å². The van der Waals surface area contributed by atoms with Crippen molar-refractivity contribution in [2.24, 2.45) is 5.14 Å². The molecule has 3 aromatic rings. The van der Waals surface area contributed by atoms with Crippen molar-refractivity contribution in [1.82, 2.24) is 14.9 Å². The summed E-state index contributed by atoms with van der Waals surface area (Å²) in [6.07, 6.45) is 9.04. The number of nitrogens with two attached hydrogens (primary N) is 1. The van der Waals surface area contributed by atoms with E-state index in [1.54, 1.807) is 17.5 Å². The number of nitrogens with one attached hydrogen (secondary N) is 2. The Morgan fingerprint density at radius 3 is 2.49 bits per heavy atom. The van der Waals surface area contributed by atoms with E-state index >= 15 is 0 Å². The normalized spacial score (nSPS) is 13.7. The van der Waals surface area contributed by atoms with Crippen molar-refractivity contribution in [2.45, 2.75) is 64.8 Å². The van der Waals surface area contributed by atoms with Gasteiger partial charge < -0.3 is 10.6 Å². The van der Waals surface area contributed by atoms with Crippen LogP contribution in [0.1, 0.15) is 58.9 Å². The smallest absolute Gasteiger partial charge is 0.229 e. The second-order valence-corrected chi connectivity index (χ2v) is 9.41. The van der Waals surface area contributed by atoms with E-state index in [2.05, 4.69) is 55.3 Å². The zero-order chi connectivity index (χ0) is 25.3. The highest BCUT2D eigenvalue weighted by Crippen LogP contribution is 2.19. The maximum atomic E-state index is 5.50. The molecule has 1 saturated heterocycles. The molecule has 1 aromatic carbocycles. The largest absolute Gasteiger partial charge is 0.344 e. The number of hydrogen-bond donors (Lipinski definition) is 3. The topological polar surface area (TPSA) is 79.1 Å². The van der Waals surface area contributed by atoms with Crippen LogP contribution in [0.25, 0.3) is 0 Å². The van der Waals surface area contributed by atoms with Gasteiger partial charge in [0.15, 0.2) is 0 Å². The zero-order valence-electron chi connectivity index (χ0n) is 21.5. The van der Waals surface area contributed by atoms with Gasteiger partial charge in [-0.3, -0.25) is 10.0 Å². The second kappa shape index (κ2) is 17.1. The molecule has 0 saturated carbocycles. The van der Waals surface area contributed by atoms with Gasteiger partial charge in [-0.1, -0.05) is 33.3 Å². The number of piperidine rings is 1. The average Bonchev–Trinajstić information content (AvgIpc) is 3.40. The van der Waals surface area contributed by atoms with E-state index in [9.17, 15) is 0 Å². The van der Waals surface area contributed by atoms with Crippen LogP contribution in [0.2, 0.25) is 0 Å². The molecule has 4 N–H and O–H groups in total. The minimum atomic E-state index is 0.553. The summed E-state index contributed by atoms with van der Waals surface area (Å²) in [4.78, 5) is 12.2. The quantitative estimate of drug-likeness (QED) is 0.267. The summed E-state index contributed by atoms with van der Waals surface area (Å²) >= 11 is 3.02. The van der Waals surface area contributed by atoms with Crippen LogP contribution in [0, 0.1) is 0 Å². The van der Waals surface area contributed by atoms with Crippen LogP contribution in [-0.4, -0.2) is 28.0 Å². The first-order valence-corrected chi connectivity index (χ1v) is 14.2. The average molecular weight is 513 g/mol. The molecular weight excluding hydrogens is 472 g/mol. The molecule has 6 nitrogen and oxygen atoms in total. The third-order valence-electron chi connectivity index (χ3n) is 5.17.